The summed E-state index contributed by atoms with van der Waals surface area (Å²) in [5.74, 6) is -3.33. The Labute approximate surface area is 197 Å². The van der Waals surface area contributed by atoms with E-state index in [1.807, 2.05) is 35.9 Å². The summed E-state index contributed by atoms with van der Waals surface area (Å²) in [5.41, 5.74) is 1.09. The lowest BCUT2D eigenvalue weighted by atomic mass is 10.0. The molecule has 0 amide bonds. The highest BCUT2D eigenvalue weighted by Gasteiger charge is 2.57. The number of imidazole rings is 1. The van der Waals surface area contributed by atoms with Gasteiger partial charge in [-0.3, -0.25) is 0 Å². The van der Waals surface area contributed by atoms with E-state index in [0.717, 1.165) is 23.0 Å². The zero-order valence-electron chi connectivity index (χ0n) is 18.7. The third kappa shape index (κ3) is 3.14. The molecule has 0 radical (unpaired) electrons. The van der Waals surface area contributed by atoms with E-state index in [1.165, 1.54) is 0 Å². The summed E-state index contributed by atoms with van der Waals surface area (Å²) < 4.78 is 60.8. The number of nitrogens with zero attached hydrogens (tertiary/aromatic N) is 4. The number of oxime groups is 1. The standard InChI is InChI=1S/C24H19F3N4O4/c1-13-10-30(12-28-13)17-4-3-14(7-18(17)32-2)8-19-23-29-35-24(31(23)5-6-33-19)11-34-22-15(24)9-16(25)20(26)21(22)27/h3-4,7-10,12H,5-6,11H2,1-2H3. The Bertz CT molecular complexity index is 1420. The van der Waals surface area contributed by atoms with Crippen LogP contribution in [0.4, 0.5) is 13.2 Å². The molecule has 1 unspecified atom stereocenters. The Morgan fingerprint density at radius 2 is 2.00 bits per heavy atom. The largest absolute Gasteiger partial charge is 0.495 e. The van der Waals surface area contributed by atoms with E-state index in [2.05, 4.69) is 10.1 Å². The fourth-order valence-electron chi connectivity index (χ4n) is 4.53. The van der Waals surface area contributed by atoms with Crippen molar-refractivity contribution in [3.05, 3.63) is 76.8 Å². The lowest BCUT2D eigenvalue weighted by molar-refractivity contribution is -0.119. The summed E-state index contributed by atoms with van der Waals surface area (Å²) in [4.78, 5) is 11.7. The number of aromatic nitrogens is 2. The van der Waals surface area contributed by atoms with Gasteiger partial charge in [-0.15, -0.1) is 0 Å². The first-order valence-corrected chi connectivity index (χ1v) is 10.8. The molecule has 8 nitrogen and oxygen atoms in total. The Balaban J connectivity index is 1.35. The number of methoxy groups -OCH3 is 1. The van der Waals surface area contributed by atoms with Gasteiger partial charge in [-0.2, -0.15) is 4.39 Å². The highest BCUT2D eigenvalue weighted by Crippen LogP contribution is 2.48. The minimum atomic E-state index is -1.59. The molecule has 1 aromatic heterocycles. The van der Waals surface area contributed by atoms with Crippen molar-refractivity contribution in [2.45, 2.75) is 12.6 Å². The van der Waals surface area contributed by atoms with E-state index in [0.29, 0.717) is 23.9 Å². The third-order valence-electron chi connectivity index (χ3n) is 6.21. The Hall–Kier alpha value is -4.15. The molecule has 1 saturated heterocycles. The molecule has 1 spiro atoms. The third-order valence-corrected chi connectivity index (χ3v) is 6.21. The zero-order chi connectivity index (χ0) is 24.3. The van der Waals surface area contributed by atoms with Gasteiger partial charge in [0.15, 0.2) is 29.8 Å². The molecule has 2 aromatic carbocycles. The van der Waals surface area contributed by atoms with Crippen LogP contribution >= 0.6 is 0 Å². The summed E-state index contributed by atoms with van der Waals surface area (Å²) >= 11 is 0. The topological polar surface area (TPSA) is 70.3 Å². The van der Waals surface area contributed by atoms with Crippen molar-refractivity contribution >= 4 is 11.9 Å². The van der Waals surface area contributed by atoms with Crippen LogP contribution in [0, 0.1) is 24.4 Å². The highest BCUT2D eigenvalue weighted by molar-refractivity contribution is 6.01. The van der Waals surface area contributed by atoms with Crippen LogP contribution in [0.15, 0.2) is 47.7 Å². The highest BCUT2D eigenvalue weighted by atomic mass is 19.2. The first-order valence-electron chi connectivity index (χ1n) is 10.8. The first-order chi connectivity index (χ1) is 16.9. The van der Waals surface area contributed by atoms with Crippen molar-refractivity contribution in [2.24, 2.45) is 5.16 Å². The van der Waals surface area contributed by atoms with Crippen LogP contribution in [-0.2, 0) is 15.3 Å². The number of hydrogen-bond donors (Lipinski definition) is 0. The Morgan fingerprint density at radius 3 is 2.77 bits per heavy atom. The molecule has 11 heteroatoms. The van der Waals surface area contributed by atoms with Gasteiger partial charge in [0.05, 0.1) is 36.9 Å². The summed E-state index contributed by atoms with van der Waals surface area (Å²) in [6.45, 7) is 2.30. The molecule has 6 rings (SSSR count). The number of aryl methyl sites for hydroxylation is 1. The molecule has 35 heavy (non-hydrogen) atoms. The van der Waals surface area contributed by atoms with E-state index in [9.17, 15) is 13.2 Å². The van der Waals surface area contributed by atoms with Crippen LogP contribution in [0.25, 0.3) is 11.8 Å². The fourth-order valence-corrected chi connectivity index (χ4v) is 4.53. The predicted molar refractivity (Wildman–Crippen MR) is 117 cm³/mol. The van der Waals surface area contributed by atoms with Crippen molar-refractivity contribution in [3.63, 3.8) is 0 Å². The van der Waals surface area contributed by atoms with E-state index >= 15 is 0 Å². The number of hydrogen-bond acceptors (Lipinski definition) is 7. The zero-order valence-corrected chi connectivity index (χ0v) is 18.7. The number of amidine groups is 1. The van der Waals surface area contributed by atoms with Crippen LogP contribution in [0.5, 0.6) is 11.5 Å². The second kappa shape index (κ2) is 7.69. The molecular weight excluding hydrogens is 465 g/mol. The maximum absolute atomic E-state index is 14.3. The lowest BCUT2D eigenvalue weighted by Crippen LogP contribution is -2.51. The maximum atomic E-state index is 14.3. The number of halogens is 3. The average molecular weight is 484 g/mol. The first kappa shape index (κ1) is 21.4. The molecule has 0 bridgehead atoms. The van der Waals surface area contributed by atoms with Gasteiger partial charge in [-0.05, 0) is 36.8 Å². The molecule has 4 heterocycles. The molecule has 1 atom stereocenters. The quantitative estimate of drug-likeness (QED) is 0.526. The minimum Gasteiger partial charge on any atom is -0.495 e. The van der Waals surface area contributed by atoms with Gasteiger partial charge in [0.1, 0.15) is 12.4 Å². The van der Waals surface area contributed by atoms with E-state index in [-0.39, 0.29) is 24.5 Å². The average Bonchev–Trinajstić information content (AvgIpc) is 3.56. The Morgan fingerprint density at radius 1 is 1.14 bits per heavy atom. The fraction of sp³-hybridized carbons (Fsp3) is 0.250. The summed E-state index contributed by atoms with van der Waals surface area (Å²) in [6.07, 6.45) is 5.36. The van der Waals surface area contributed by atoms with Gasteiger partial charge < -0.3 is 28.5 Å². The summed E-state index contributed by atoms with van der Waals surface area (Å²) in [7, 11) is 1.58. The van der Waals surface area contributed by atoms with E-state index in [4.69, 9.17) is 19.0 Å². The number of morpholine rings is 1. The number of ether oxygens (including phenoxy) is 3. The van der Waals surface area contributed by atoms with E-state index in [1.54, 1.807) is 24.4 Å². The predicted octanol–water partition coefficient (Wildman–Crippen LogP) is 3.87. The van der Waals surface area contributed by atoms with Gasteiger partial charge in [-0.25, -0.2) is 13.8 Å². The normalized spacial score (nSPS) is 21.3. The van der Waals surface area contributed by atoms with Crippen molar-refractivity contribution < 1.29 is 32.2 Å². The lowest BCUT2D eigenvalue weighted by Gasteiger charge is -2.36. The van der Waals surface area contributed by atoms with Crippen molar-refractivity contribution in [2.75, 3.05) is 26.9 Å². The monoisotopic (exact) mass is 484 g/mol. The van der Waals surface area contributed by atoms with Crippen molar-refractivity contribution in [1.29, 1.82) is 0 Å². The van der Waals surface area contributed by atoms with Gasteiger partial charge in [0.25, 0.3) is 5.72 Å². The molecule has 0 aliphatic carbocycles. The molecule has 3 aromatic rings. The van der Waals surface area contributed by atoms with Crippen LogP contribution in [-0.4, -0.2) is 47.2 Å². The van der Waals surface area contributed by atoms with Crippen LogP contribution < -0.4 is 9.47 Å². The summed E-state index contributed by atoms with van der Waals surface area (Å²) in [6, 6.07) is 6.51. The number of fused-ring (bicyclic) bond motifs is 4. The molecular formula is C24H19F3N4O4. The van der Waals surface area contributed by atoms with Gasteiger partial charge >= 0.3 is 0 Å². The van der Waals surface area contributed by atoms with Crippen LogP contribution in [0.2, 0.25) is 0 Å². The van der Waals surface area contributed by atoms with Gasteiger partial charge in [-0.1, -0.05) is 11.2 Å². The molecule has 0 N–H and O–H groups in total. The SMILES string of the molecule is COc1cc(C=C2OCCN3C2=NOC32COc3c2cc(F)c(F)c3F)ccc1-n1cnc(C)c1. The molecule has 0 saturated carbocycles. The second-order valence-corrected chi connectivity index (χ2v) is 8.30. The smallest absolute Gasteiger partial charge is 0.275 e. The van der Waals surface area contributed by atoms with Crippen molar-refractivity contribution in [3.8, 4) is 17.2 Å². The van der Waals surface area contributed by atoms with Crippen molar-refractivity contribution in [1.82, 2.24) is 14.5 Å². The second-order valence-electron chi connectivity index (χ2n) is 8.30. The summed E-state index contributed by atoms with van der Waals surface area (Å²) in [5, 5.41) is 4.15. The Kier molecular flexibility index (Phi) is 4.70. The molecule has 3 aliphatic rings. The number of benzene rings is 2. The van der Waals surface area contributed by atoms with Crippen LogP contribution in [0.3, 0.4) is 0 Å². The molecule has 1 fully saturated rings. The van der Waals surface area contributed by atoms with E-state index < -0.39 is 23.2 Å². The maximum Gasteiger partial charge on any atom is 0.275 e. The number of rotatable bonds is 3. The minimum absolute atomic E-state index is 0.0375. The van der Waals surface area contributed by atoms with Gasteiger partial charge in [0, 0.05) is 6.20 Å². The molecule has 3 aliphatic heterocycles. The van der Waals surface area contributed by atoms with Gasteiger partial charge in [0.2, 0.25) is 11.7 Å². The molecule has 180 valence electrons. The van der Waals surface area contributed by atoms with Crippen LogP contribution in [0.1, 0.15) is 16.8 Å².